The van der Waals surface area contributed by atoms with Crippen LogP contribution in [0.5, 0.6) is 0 Å². The summed E-state index contributed by atoms with van der Waals surface area (Å²) < 4.78 is 1.19. The Hall–Kier alpha value is -1.89. The predicted octanol–water partition coefficient (Wildman–Crippen LogP) is 3.30. The molecule has 0 saturated heterocycles. The van der Waals surface area contributed by atoms with Gasteiger partial charge >= 0.3 is 0 Å². The lowest BCUT2D eigenvalue weighted by Crippen LogP contribution is -3.00. The Labute approximate surface area is 176 Å². The van der Waals surface area contributed by atoms with Crippen molar-refractivity contribution in [3.05, 3.63) is 81.4 Å². The third kappa shape index (κ3) is 4.09. The number of para-hydroxylation sites is 1. The van der Waals surface area contributed by atoms with E-state index in [0.29, 0.717) is 10.8 Å². The molecule has 4 rings (SSSR count). The number of rotatable bonds is 3. The minimum absolute atomic E-state index is 0. The number of benzene rings is 3. The maximum Gasteiger partial charge on any atom is 0.162 e. The molecule has 0 bridgehead atoms. The molecule has 130 valence electrons. The Morgan fingerprint density at radius 1 is 0.808 bits per heavy atom. The van der Waals surface area contributed by atoms with Crippen LogP contribution < -0.4 is 17.7 Å². The monoisotopic (exact) mass is 492 g/mol. The summed E-state index contributed by atoms with van der Waals surface area (Å²) in [6.07, 6.45) is 0. The van der Waals surface area contributed by atoms with Crippen LogP contribution >= 0.6 is 34.2 Å². The average molecular weight is 493 g/mol. The van der Waals surface area contributed by atoms with Crippen molar-refractivity contribution in [3.63, 3.8) is 0 Å². The fourth-order valence-electron chi connectivity index (χ4n) is 2.57. The van der Waals surface area contributed by atoms with Crippen LogP contribution in [-0.2, 0) is 0 Å². The van der Waals surface area contributed by atoms with Crippen molar-refractivity contribution < 1.29 is 12.4 Å². The molecule has 1 heterocycles. The summed E-state index contributed by atoms with van der Waals surface area (Å²) in [5.41, 5.74) is 2.82. The summed E-state index contributed by atoms with van der Waals surface area (Å²) in [7, 11) is 0. The largest absolute Gasteiger partial charge is 1.00 e. The number of nitrogens with one attached hydrogen (secondary N) is 1. The van der Waals surface area contributed by atoms with Crippen LogP contribution in [0.4, 0.5) is 11.5 Å². The van der Waals surface area contributed by atoms with Crippen LogP contribution in [0.1, 0.15) is 0 Å². The molecule has 0 amide bonds. The molecular formula is C20H13Cl2IN3-. The van der Waals surface area contributed by atoms with E-state index in [-0.39, 0.29) is 12.4 Å². The Balaban J connectivity index is 0.00000196. The highest BCUT2D eigenvalue weighted by Crippen LogP contribution is 2.28. The van der Waals surface area contributed by atoms with Gasteiger partial charge in [0.05, 0.1) is 5.52 Å². The molecule has 0 unspecified atom stereocenters. The van der Waals surface area contributed by atoms with Gasteiger partial charge in [-0.3, -0.25) is 0 Å². The van der Waals surface area contributed by atoms with Crippen LogP contribution in [0.3, 0.4) is 0 Å². The van der Waals surface area contributed by atoms with Crippen LogP contribution in [0, 0.1) is 3.57 Å². The molecule has 0 radical (unpaired) electrons. The third-order valence-electron chi connectivity index (χ3n) is 3.81. The molecule has 1 N–H and O–H groups in total. The van der Waals surface area contributed by atoms with Gasteiger partial charge in [-0.25, -0.2) is 9.97 Å². The number of anilines is 2. The fourth-order valence-corrected chi connectivity index (χ4v) is 3.06. The van der Waals surface area contributed by atoms with Crippen LogP contribution in [0.2, 0.25) is 5.02 Å². The Morgan fingerprint density at radius 2 is 1.50 bits per heavy atom. The first-order valence-corrected chi connectivity index (χ1v) is 9.20. The number of aromatic nitrogens is 2. The molecule has 26 heavy (non-hydrogen) atoms. The van der Waals surface area contributed by atoms with Crippen LogP contribution in [0.15, 0.2) is 72.8 Å². The van der Waals surface area contributed by atoms with E-state index in [1.165, 1.54) is 3.57 Å². The van der Waals surface area contributed by atoms with Crippen molar-refractivity contribution in [1.29, 1.82) is 0 Å². The summed E-state index contributed by atoms with van der Waals surface area (Å²) >= 11 is 8.28. The summed E-state index contributed by atoms with van der Waals surface area (Å²) in [5, 5.41) is 5.10. The third-order valence-corrected chi connectivity index (χ3v) is 4.78. The van der Waals surface area contributed by atoms with E-state index in [0.717, 1.165) is 28.0 Å². The zero-order valence-electron chi connectivity index (χ0n) is 13.5. The van der Waals surface area contributed by atoms with Gasteiger partial charge in [-0.2, -0.15) is 0 Å². The molecule has 3 aromatic carbocycles. The summed E-state index contributed by atoms with van der Waals surface area (Å²) in [4.78, 5) is 9.45. The van der Waals surface area contributed by atoms with E-state index >= 15 is 0 Å². The van der Waals surface area contributed by atoms with Gasteiger partial charge < -0.3 is 17.7 Å². The fraction of sp³-hybridized carbons (Fsp3) is 0. The highest BCUT2D eigenvalue weighted by molar-refractivity contribution is 14.1. The Bertz CT molecular complexity index is 1040. The van der Waals surface area contributed by atoms with Crippen molar-refractivity contribution in [3.8, 4) is 11.4 Å². The number of fused-ring (bicyclic) bond motifs is 1. The molecule has 0 fully saturated rings. The first-order chi connectivity index (χ1) is 12.2. The second kappa shape index (κ2) is 8.20. The second-order valence-electron chi connectivity index (χ2n) is 5.55. The lowest BCUT2D eigenvalue weighted by molar-refractivity contribution is -0.00000475. The number of halogens is 3. The lowest BCUT2D eigenvalue weighted by atomic mass is 10.2. The smallest absolute Gasteiger partial charge is 0.162 e. The molecular weight excluding hydrogens is 480 g/mol. The molecule has 0 aliphatic heterocycles. The zero-order valence-corrected chi connectivity index (χ0v) is 17.1. The van der Waals surface area contributed by atoms with E-state index in [1.54, 1.807) is 0 Å². The Kier molecular flexibility index (Phi) is 5.96. The number of hydrogen-bond donors (Lipinski definition) is 1. The standard InChI is InChI=1S/C20H13ClIN3.ClH/c21-14-7-5-13(6-8-14)19-24-18-4-2-1-3-17(18)20(25-19)23-16-11-9-15(22)10-12-16;/h1-12H,(H,23,24,25);1H/p-1. The lowest BCUT2D eigenvalue weighted by Gasteiger charge is -2.11. The summed E-state index contributed by atoms with van der Waals surface area (Å²) in [6.45, 7) is 0. The average Bonchev–Trinajstić information content (AvgIpc) is 2.64. The van der Waals surface area contributed by atoms with Gasteiger partial charge in [-0.05, 0) is 83.3 Å². The van der Waals surface area contributed by atoms with Gasteiger partial charge in [0.25, 0.3) is 0 Å². The van der Waals surface area contributed by atoms with Crippen molar-refractivity contribution >= 4 is 56.6 Å². The van der Waals surface area contributed by atoms with Gasteiger partial charge in [-0.1, -0.05) is 23.7 Å². The summed E-state index contributed by atoms with van der Waals surface area (Å²) in [6, 6.07) is 23.8. The van der Waals surface area contributed by atoms with Gasteiger partial charge in [0, 0.05) is 25.2 Å². The van der Waals surface area contributed by atoms with Crippen molar-refractivity contribution in [2.75, 3.05) is 5.32 Å². The maximum atomic E-state index is 5.99. The minimum Gasteiger partial charge on any atom is -1.00 e. The van der Waals surface area contributed by atoms with Gasteiger partial charge in [0.1, 0.15) is 5.82 Å². The molecule has 4 aromatic rings. The van der Waals surface area contributed by atoms with E-state index in [9.17, 15) is 0 Å². The van der Waals surface area contributed by atoms with Crippen molar-refractivity contribution in [2.45, 2.75) is 0 Å². The predicted molar refractivity (Wildman–Crippen MR) is 112 cm³/mol. The minimum atomic E-state index is 0. The first-order valence-electron chi connectivity index (χ1n) is 7.74. The molecule has 0 atom stereocenters. The number of nitrogens with zero attached hydrogens (tertiary/aromatic N) is 2. The molecule has 6 heteroatoms. The topological polar surface area (TPSA) is 37.8 Å². The van der Waals surface area contributed by atoms with Crippen molar-refractivity contribution in [1.82, 2.24) is 9.97 Å². The summed E-state index contributed by atoms with van der Waals surface area (Å²) in [5.74, 6) is 1.46. The van der Waals surface area contributed by atoms with Gasteiger partial charge in [0.2, 0.25) is 0 Å². The number of hydrogen-bond acceptors (Lipinski definition) is 3. The van der Waals surface area contributed by atoms with E-state index in [1.807, 2.05) is 60.7 Å². The SMILES string of the molecule is Clc1ccc(-c2nc(Nc3ccc(I)cc3)c3ccccc3n2)cc1.[Cl-]. The molecule has 0 saturated carbocycles. The highest BCUT2D eigenvalue weighted by Gasteiger charge is 2.09. The zero-order chi connectivity index (χ0) is 17.2. The molecule has 3 nitrogen and oxygen atoms in total. The first kappa shape index (κ1) is 18.9. The highest BCUT2D eigenvalue weighted by atomic mass is 127. The molecule has 0 spiro atoms. The Morgan fingerprint density at radius 3 is 2.23 bits per heavy atom. The van der Waals surface area contributed by atoms with Gasteiger partial charge in [-0.15, -0.1) is 0 Å². The van der Waals surface area contributed by atoms with Crippen LogP contribution in [0.25, 0.3) is 22.3 Å². The molecule has 0 aliphatic carbocycles. The molecule has 1 aromatic heterocycles. The second-order valence-corrected chi connectivity index (χ2v) is 7.23. The van der Waals surface area contributed by atoms with E-state index in [2.05, 4.69) is 40.0 Å². The maximum absolute atomic E-state index is 5.99. The van der Waals surface area contributed by atoms with Gasteiger partial charge in [0.15, 0.2) is 5.82 Å². The van der Waals surface area contributed by atoms with E-state index < -0.39 is 0 Å². The van der Waals surface area contributed by atoms with Crippen molar-refractivity contribution in [2.24, 2.45) is 0 Å². The van der Waals surface area contributed by atoms with Crippen LogP contribution in [-0.4, -0.2) is 9.97 Å². The quantitative estimate of drug-likeness (QED) is 0.446. The molecule has 0 aliphatic rings. The van der Waals surface area contributed by atoms with E-state index in [4.69, 9.17) is 21.6 Å². The normalized spacial score (nSPS) is 10.4.